The molecule has 112 valence electrons. The molecule has 3 aromatic rings. The van der Waals surface area contributed by atoms with Crippen molar-refractivity contribution >= 4 is 35.3 Å². The van der Waals surface area contributed by atoms with Gasteiger partial charge in [-0.1, -0.05) is 40.7 Å². The molecule has 0 atom stereocenters. The summed E-state index contributed by atoms with van der Waals surface area (Å²) >= 11 is 7.36. The van der Waals surface area contributed by atoms with Gasteiger partial charge in [0.1, 0.15) is 0 Å². The van der Waals surface area contributed by atoms with E-state index < -0.39 is 0 Å². The summed E-state index contributed by atoms with van der Waals surface area (Å²) in [5.41, 5.74) is 11.7. The number of rotatable bonds is 4. The van der Waals surface area contributed by atoms with Crippen LogP contribution in [0.25, 0.3) is 11.4 Å². The Kier molecular flexibility index (Phi) is 4.07. The van der Waals surface area contributed by atoms with Crippen LogP contribution < -0.4 is 11.5 Å². The summed E-state index contributed by atoms with van der Waals surface area (Å²) in [5, 5.41) is 4.86. The van der Waals surface area contributed by atoms with Crippen molar-refractivity contribution in [3.05, 3.63) is 35.2 Å². The third kappa shape index (κ3) is 3.26. The van der Waals surface area contributed by atoms with E-state index >= 15 is 0 Å². The van der Waals surface area contributed by atoms with Gasteiger partial charge in [-0.25, -0.2) is 0 Å². The fraction of sp³-hybridized carbons (Fsp3) is 0.0833. The third-order valence-electron chi connectivity index (χ3n) is 2.56. The summed E-state index contributed by atoms with van der Waals surface area (Å²) < 4.78 is 5.18. The Morgan fingerprint density at radius 3 is 2.50 bits per heavy atom. The molecule has 0 bridgehead atoms. The van der Waals surface area contributed by atoms with Crippen LogP contribution in [0.5, 0.6) is 0 Å². The van der Waals surface area contributed by atoms with Gasteiger partial charge < -0.3 is 16.0 Å². The van der Waals surface area contributed by atoms with Gasteiger partial charge in [-0.05, 0) is 12.1 Å². The topological polar surface area (TPSA) is 130 Å². The maximum Gasteiger partial charge on any atom is 0.237 e. The van der Waals surface area contributed by atoms with Crippen LogP contribution in [0.2, 0.25) is 5.02 Å². The van der Waals surface area contributed by atoms with E-state index in [0.717, 1.165) is 0 Å². The minimum Gasteiger partial charge on any atom is -0.368 e. The number of nitrogen functional groups attached to an aromatic ring is 2. The zero-order valence-electron chi connectivity index (χ0n) is 11.1. The summed E-state index contributed by atoms with van der Waals surface area (Å²) in [6, 6.07) is 7.26. The van der Waals surface area contributed by atoms with Crippen molar-refractivity contribution in [1.29, 1.82) is 0 Å². The van der Waals surface area contributed by atoms with Crippen molar-refractivity contribution in [2.45, 2.75) is 10.9 Å². The number of hydrogen-bond acceptors (Lipinski definition) is 9. The molecule has 2 aromatic heterocycles. The molecule has 1 aromatic carbocycles. The van der Waals surface area contributed by atoms with Crippen LogP contribution >= 0.6 is 23.4 Å². The van der Waals surface area contributed by atoms with E-state index in [1.165, 1.54) is 11.8 Å². The Labute approximate surface area is 134 Å². The number of benzene rings is 1. The van der Waals surface area contributed by atoms with Crippen molar-refractivity contribution in [3.63, 3.8) is 0 Å². The monoisotopic (exact) mass is 335 g/mol. The molecule has 4 N–H and O–H groups in total. The molecule has 0 unspecified atom stereocenters. The molecule has 3 rings (SSSR count). The van der Waals surface area contributed by atoms with Crippen LogP contribution in [0.1, 0.15) is 5.89 Å². The van der Waals surface area contributed by atoms with Crippen LogP contribution in [-0.4, -0.2) is 25.1 Å². The lowest BCUT2D eigenvalue weighted by atomic mass is 10.2. The van der Waals surface area contributed by atoms with E-state index in [-0.39, 0.29) is 11.9 Å². The van der Waals surface area contributed by atoms with Crippen molar-refractivity contribution in [1.82, 2.24) is 25.1 Å². The number of aromatic nitrogens is 5. The molecule has 10 heteroatoms. The maximum absolute atomic E-state index is 6.09. The van der Waals surface area contributed by atoms with Gasteiger partial charge in [0.25, 0.3) is 0 Å². The van der Waals surface area contributed by atoms with Gasteiger partial charge in [-0.15, -0.1) is 0 Å². The van der Waals surface area contributed by atoms with E-state index in [1.807, 2.05) is 18.2 Å². The lowest BCUT2D eigenvalue weighted by Crippen LogP contribution is -2.03. The number of halogens is 1. The number of thioether (sulfide) groups is 1. The van der Waals surface area contributed by atoms with Crippen LogP contribution in [-0.2, 0) is 5.75 Å². The molecule has 0 spiro atoms. The molecule has 0 radical (unpaired) electrons. The molecule has 0 fully saturated rings. The number of anilines is 2. The fourth-order valence-corrected chi connectivity index (χ4v) is 2.55. The Bertz CT molecular complexity index is 789. The quantitative estimate of drug-likeness (QED) is 0.687. The molecule has 0 saturated carbocycles. The molecular formula is C12H10ClN7OS. The van der Waals surface area contributed by atoms with E-state index in [9.17, 15) is 0 Å². The zero-order valence-corrected chi connectivity index (χ0v) is 12.7. The number of nitrogens with two attached hydrogens (primary N) is 2. The standard InChI is InChI=1S/C12H10ClN7OS/c13-7-4-2-1-3-6(7)9-16-8(21-20-9)5-22-12-18-10(14)17-11(15)19-12/h1-4H,5H2,(H4,14,15,17,18,19). The maximum atomic E-state index is 6.09. The largest absolute Gasteiger partial charge is 0.368 e. The minimum atomic E-state index is 0.0669. The van der Waals surface area contributed by atoms with Gasteiger partial charge in [-0.3, -0.25) is 0 Å². The zero-order chi connectivity index (χ0) is 15.5. The molecule has 8 nitrogen and oxygen atoms in total. The second-order valence-corrected chi connectivity index (χ2v) is 5.46. The van der Waals surface area contributed by atoms with Gasteiger partial charge in [0.2, 0.25) is 23.6 Å². The number of hydrogen-bond donors (Lipinski definition) is 2. The van der Waals surface area contributed by atoms with Crippen molar-refractivity contribution in [2.75, 3.05) is 11.5 Å². The van der Waals surface area contributed by atoms with E-state index in [4.69, 9.17) is 27.6 Å². The molecule has 0 aliphatic carbocycles. The molecule has 0 aliphatic rings. The Balaban J connectivity index is 1.73. The highest BCUT2D eigenvalue weighted by Crippen LogP contribution is 2.26. The van der Waals surface area contributed by atoms with Gasteiger partial charge in [0, 0.05) is 5.56 Å². The second-order valence-electron chi connectivity index (χ2n) is 4.11. The van der Waals surface area contributed by atoms with Crippen molar-refractivity contribution in [2.24, 2.45) is 0 Å². The first kappa shape index (κ1) is 14.5. The van der Waals surface area contributed by atoms with Crippen molar-refractivity contribution in [3.8, 4) is 11.4 Å². The predicted molar refractivity (Wildman–Crippen MR) is 83.0 cm³/mol. The minimum absolute atomic E-state index is 0.0669. The van der Waals surface area contributed by atoms with Gasteiger partial charge >= 0.3 is 0 Å². The summed E-state index contributed by atoms with van der Waals surface area (Å²) in [7, 11) is 0. The fourth-order valence-electron chi connectivity index (χ4n) is 1.64. The van der Waals surface area contributed by atoms with Crippen LogP contribution in [0.15, 0.2) is 33.9 Å². The molecule has 0 aliphatic heterocycles. The summed E-state index contributed by atoms with van der Waals surface area (Å²) in [6.07, 6.45) is 0. The van der Waals surface area contributed by atoms with Gasteiger partial charge in [0.05, 0.1) is 10.8 Å². The van der Waals surface area contributed by atoms with E-state index in [0.29, 0.717) is 33.2 Å². The first-order chi connectivity index (χ1) is 10.6. The van der Waals surface area contributed by atoms with Gasteiger partial charge in [-0.2, -0.15) is 19.9 Å². The Morgan fingerprint density at radius 1 is 1.05 bits per heavy atom. The first-order valence-corrected chi connectivity index (χ1v) is 7.45. The second kappa shape index (κ2) is 6.16. The van der Waals surface area contributed by atoms with Crippen LogP contribution in [0.4, 0.5) is 11.9 Å². The lowest BCUT2D eigenvalue weighted by Gasteiger charge is -1.99. The average Bonchev–Trinajstić information content (AvgIpc) is 2.93. The van der Waals surface area contributed by atoms with E-state index in [2.05, 4.69) is 25.1 Å². The normalized spacial score (nSPS) is 10.8. The third-order valence-corrected chi connectivity index (χ3v) is 3.72. The first-order valence-electron chi connectivity index (χ1n) is 6.09. The Hall–Kier alpha value is -2.39. The highest BCUT2D eigenvalue weighted by Gasteiger charge is 2.12. The lowest BCUT2D eigenvalue weighted by molar-refractivity contribution is 0.391. The summed E-state index contributed by atoms with van der Waals surface area (Å²) in [4.78, 5) is 15.9. The predicted octanol–water partition coefficient (Wildman–Crippen LogP) is 2.03. The van der Waals surface area contributed by atoms with E-state index in [1.54, 1.807) is 6.07 Å². The van der Waals surface area contributed by atoms with Crippen LogP contribution in [0, 0.1) is 0 Å². The Morgan fingerprint density at radius 2 is 1.77 bits per heavy atom. The molecule has 0 amide bonds. The molecule has 22 heavy (non-hydrogen) atoms. The molecule has 0 saturated heterocycles. The molecular weight excluding hydrogens is 326 g/mol. The smallest absolute Gasteiger partial charge is 0.237 e. The van der Waals surface area contributed by atoms with Crippen LogP contribution in [0.3, 0.4) is 0 Å². The van der Waals surface area contributed by atoms with Gasteiger partial charge in [0.15, 0.2) is 5.16 Å². The SMILES string of the molecule is Nc1nc(N)nc(SCc2nc(-c3ccccc3Cl)no2)n1. The highest BCUT2D eigenvalue weighted by molar-refractivity contribution is 7.98. The molecule has 2 heterocycles. The summed E-state index contributed by atoms with van der Waals surface area (Å²) in [5.74, 6) is 1.35. The highest BCUT2D eigenvalue weighted by atomic mass is 35.5. The average molecular weight is 336 g/mol. The summed E-state index contributed by atoms with van der Waals surface area (Å²) in [6.45, 7) is 0. The van der Waals surface area contributed by atoms with Crippen molar-refractivity contribution < 1.29 is 4.52 Å². The number of nitrogens with zero attached hydrogens (tertiary/aromatic N) is 5.